The zero-order chi connectivity index (χ0) is 14.8. The van der Waals surface area contributed by atoms with Crippen molar-refractivity contribution in [3.05, 3.63) is 22.9 Å². The molecular formula is C16H24N4. The van der Waals surface area contributed by atoms with Crippen LogP contribution < -0.4 is 11.1 Å². The van der Waals surface area contributed by atoms with E-state index in [1.807, 2.05) is 6.07 Å². The van der Waals surface area contributed by atoms with Crippen molar-refractivity contribution < 1.29 is 0 Å². The molecular weight excluding hydrogens is 248 g/mol. The summed E-state index contributed by atoms with van der Waals surface area (Å²) in [4.78, 5) is 4.71. The van der Waals surface area contributed by atoms with Crippen molar-refractivity contribution in [2.24, 2.45) is 11.7 Å². The van der Waals surface area contributed by atoms with Crippen molar-refractivity contribution in [3.8, 4) is 6.07 Å². The molecule has 1 aliphatic rings. The summed E-state index contributed by atoms with van der Waals surface area (Å²) in [6.45, 7) is 6.85. The second kappa shape index (κ2) is 5.80. The largest absolute Gasteiger partial charge is 0.362 e. The molecule has 2 rings (SSSR count). The molecule has 4 heteroatoms. The van der Waals surface area contributed by atoms with Crippen LogP contribution >= 0.6 is 0 Å². The normalized spacial score (nSPS) is 17.2. The third-order valence-corrected chi connectivity index (χ3v) is 4.52. The van der Waals surface area contributed by atoms with Gasteiger partial charge in [-0.1, -0.05) is 13.8 Å². The Morgan fingerprint density at radius 2 is 2.15 bits per heavy atom. The van der Waals surface area contributed by atoms with E-state index in [2.05, 4.69) is 32.2 Å². The Labute approximate surface area is 121 Å². The van der Waals surface area contributed by atoms with Gasteiger partial charge in [-0.05, 0) is 50.2 Å². The van der Waals surface area contributed by atoms with E-state index in [1.165, 1.54) is 18.4 Å². The number of nitrogens with one attached hydrogen (secondary N) is 1. The van der Waals surface area contributed by atoms with Crippen LogP contribution in [0.15, 0.2) is 6.07 Å². The number of pyridine rings is 1. The lowest BCUT2D eigenvalue weighted by atomic mass is 9.88. The van der Waals surface area contributed by atoms with Gasteiger partial charge in [0.25, 0.3) is 0 Å². The number of rotatable bonds is 4. The zero-order valence-corrected chi connectivity index (χ0v) is 12.7. The number of nitriles is 1. The molecule has 1 aliphatic carbocycles. The molecule has 4 nitrogen and oxygen atoms in total. The third kappa shape index (κ3) is 2.78. The SMILES string of the molecule is CC(C)C(C)(CN)Nc1nc2c(cc1C#N)CCCC2. The van der Waals surface area contributed by atoms with Gasteiger partial charge >= 0.3 is 0 Å². The lowest BCUT2D eigenvalue weighted by Gasteiger charge is -2.34. The summed E-state index contributed by atoms with van der Waals surface area (Å²) < 4.78 is 0. The summed E-state index contributed by atoms with van der Waals surface area (Å²) >= 11 is 0. The van der Waals surface area contributed by atoms with E-state index in [4.69, 9.17) is 10.7 Å². The van der Waals surface area contributed by atoms with E-state index in [9.17, 15) is 5.26 Å². The van der Waals surface area contributed by atoms with Crippen molar-refractivity contribution in [2.75, 3.05) is 11.9 Å². The van der Waals surface area contributed by atoms with Crippen LogP contribution in [0.4, 0.5) is 5.82 Å². The minimum absolute atomic E-state index is 0.249. The highest BCUT2D eigenvalue weighted by atomic mass is 15.1. The maximum atomic E-state index is 9.37. The van der Waals surface area contributed by atoms with Crippen LogP contribution in [0.1, 0.15) is 50.4 Å². The molecule has 0 amide bonds. The fourth-order valence-electron chi connectivity index (χ4n) is 2.52. The van der Waals surface area contributed by atoms with E-state index in [0.29, 0.717) is 23.8 Å². The molecule has 0 aromatic carbocycles. The second-order valence-corrected chi connectivity index (χ2v) is 6.21. The highest BCUT2D eigenvalue weighted by molar-refractivity contribution is 5.56. The van der Waals surface area contributed by atoms with Crippen LogP contribution in [0, 0.1) is 17.2 Å². The van der Waals surface area contributed by atoms with E-state index in [-0.39, 0.29) is 5.54 Å². The Kier molecular flexibility index (Phi) is 4.29. The van der Waals surface area contributed by atoms with Gasteiger partial charge in [0, 0.05) is 12.2 Å². The van der Waals surface area contributed by atoms with Crippen LogP contribution in [-0.2, 0) is 12.8 Å². The maximum absolute atomic E-state index is 9.37. The number of fused-ring (bicyclic) bond motifs is 1. The molecule has 1 atom stereocenters. The average Bonchev–Trinajstić information content (AvgIpc) is 2.46. The first kappa shape index (κ1) is 14.8. The van der Waals surface area contributed by atoms with Gasteiger partial charge in [0.2, 0.25) is 0 Å². The summed E-state index contributed by atoms with van der Waals surface area (Å²) in [6, 6.07) is 4.27. The summed E-state index contributed by atoms with van der Waals surface area (Å²) in [5.41, 5.74) is 8.67. The molecule has 0 fully saturated rings. The van der Waals surface area contributed by atoms with Crippen LogP contribution in [0.25, 0.3) is 0 Å². The third-order valence-electron chi connectivity index (χ3n) is 4.52. The molecule has 1 unspecified atom stereocenters. The minimum Gasteiger partial charge on any atom is -0.362 e. The molecule has 0 spiro atoms. The fourth-order valence-corrected chi connectivity index (χ4v) is 2.52. The van der Waals surface area contributed by atoms with Gasteiger partial charge in [-0.3, -0.25) is 0 Å². The summed E-state index contributed by atoms with van der Waals surface area (Å²) in [5, 5.41) is 12.8. The molecule has 0 saturated heterocycles. The predicted molar refractivity (Wildman–Crippen MR) is 81.5 cm³/mol. The van der Waals surface area contributed by atoms with Gasteiger partial charge in [-0.2, -0.15) is 5.26 Å². The van der Waals surface area contributed by atoms with Crippen LogP contribution in [-0.4, -0.2) is 17.1 Å². The zero-order valence-electron chi connectivity index (χ0n) is 12.7. The standard InChI is InChI=1S/C16H24N4/c1-11(2)16(3,10-18)20-15-13(9-17)8-12-6-4-5-7-14(12)19-15/h8,11H,4-7,10,18H2,1-3H3,(H,19,20). The lowest BCUT2D eigenvalue weighted by molar-refractivity contribution is 0.381. The molecule has 0 bridgehead atoms. The Morgan fingerprint density at radius 3 is 2.75 bits per heavy atom. The minimum atomic E-state index is -0.249. The first-order valence-corrected chi connectivity index (χ1v) is 7.41. The van der Waals surface area contributed by atoms with Crippen LogP contribution in [0.3, 0.4) is 0 Å². The number of aromatic nitrogens is 1. The predicted octanol–water partition coefficient (Wildman–Crippen LogP) is 2.62. The average molecular weight is 272 g/mol. The topological polar surface area (TPSA) is 74.7 Å². The molecule has 0 radical (unpaired) electrons. The Morgan fingerprint density at radius 1 is 1.45 bits per heavy atom. The first-order valence-electron chi connectivity index (χ1n) is 7.41. The number of hydrogen-bond donors (Lipinski definition) is 2. The van der Waals surface area contributed by atoms with Gasteiger partial charge in [0.05, 0.1) is 11.1 Å². The number of nitrogens with two attached hydrogens (primary N) is 1. The van der Waals surface area contributed by atoms with Gasteiger partial charge in [-0.15, -0.1) is 0 Å². The second-order valence-electron chi connectivity index (χ2n) is 6.21. The van der Waals surface area contributed by atoms with E-state index < -0.39 is 0 Å². The van der Waals surface area contributed by atoms with E-state index in [1.54, 1.807) is 0 Å². The van der Waals surface area contributed by atoms with Crippen molar-refractivity contribution >= 4 is 5.82 Å². The van der Waals surface area contributed by atoms with Crippen molar-refractivity contribution in [1.29, 1.82) is 5.26 Å². The molecule has 108 valence electrons. The van der Waals surface area contributed by atoms with E-state index >= 15 is 0 Å². The molecule has 1 heterocycles. The summed E-state index contributed by atoms with van der Waals surface area (Å²) in [5.74, 6) is 1.05. The molecule has 1 aromatic heterocycles. The van der Waals surface area contributed by atoms with Crippen LogP contribution in [0.2, 0.25) is 0 Å². The summed E-state index contributed by atoms with van der Waals surface area (Å²) in [6.07, 6.45) is 4.43. The number of aryl methyl sites for hydroxylation is 2. The van der Waals surface area contributed by atoms with Crippen molar-refractivity contribution in [2.45, 2.75) is 52.0 Å². The highest BCUT2D eigenvalue weighted by Gasteiger charge is 2.28. The van der Waals surface area contributed by atoms with Crippen molar-refractivity contribution in [1.82, 2.24) is 4.98 Å². The fraction of sp³-hybridized carbons (Fsp3) is 0.625. The Bertz CT molecular complexity index is 530. The lowest BCUT2D eigenvalue weighted by Crippen LogP contribution is -2.47. The number of nitrogens with zero attached hydrogens (tertiary/aromatic N) is 2. The molecule has 1 aromatic rings. The van der Waals surface area contributed by atoms with E-state index in [0.717, 1.165) is 18.5 Å². The van der Waals surface area contributed by atoms with Crippen molar-refractivity contribution in [3.63, 3.8) is 0 Å². The maximum Gasteiger partial charge on any atom is 0.144 e. The number of hydrogen-bond acceptors (Lipinski definition) is 4. The Balaban J connectivity index is 2.38. The first-order chi connectivity index (χ1) is 9.50. The molecule has 0 aliphatic heterocycles. The summed E-state index contributed by atoms with van der Waals surface area (Å²) in [7, 11) is 0. The number of anilines is 1. The Hall–Kier alpha value is -1.60. The van der Waals surface area contributed by atoms with Gasteiger partial charge in [0.1, 0.15) is 11.9 Å². The highest BCUT2D eigenvalue weighted by Crippen LogP contribution is 2.27. The van der Waals surface area contributed by atoms with Gasteiger partial charge in [-0.25, -0.2) is 4.98 Å². The van der Waals surface area contributed by atoms with Crippen LogP contribution in [0.5, 0.6) is 0 Å². The smallest absolute Gasteiger partial charge is 0.144 e. The quantitative estimate of drug-likeness (QED) is 0.883. The monoisotopic (exact) mass is 272 g/mol. The van der Waals surface area contributed by atoms with Gasteiger partial charge in [0.15, 0.2) is 0 Å². The van der Waals surface area contributed by atoms with Gasteiger partial charge < -0.3 is 11.1 Å². The molecule has 20 heavy (non-hydrogen) atoms. The molecule has 0 saturated carbocycles. The molecule has 3 N–H and O–H groups in total.